The van der Waals surface area contributed by atoms with E-state index in [4.69, 9.17) is 29.0 Å². The van der Waals surface area contributed by atoms with Crippen molar-refractivity contribution >= 4 is 34.9 Å². The molecule has 24 heavy (non-hydrogen) atoms. The molecule has 1 fully saturated rings. The Bertz CT molecular complexity index is 574. The molecule has 0 amide bonds. The van der Waals surface area contributed by atoms with E-state index in [9.17, 15) is 0 Å². The van der Waals surface area contributed by atoms with Crippen LogP contribution in [-0.2, 0) is 43.3 Å². The van der Waals surface area contributed by atoms with Gasteiger partial charge in [0.05, 0.1) is 12.2 Å². The molecule has 2 rings (SSSR count). The Morgan fingerprint density at radius 3 is 2.12 bits per heavy atom. The average Bonchev–Trinajstić information content (AvgIpc) is 2.99. The second-order valence-corrected chi connectivity index (χ2v) is 6.93. The summed E-state index contributed by atoms with van der Waals surface area (Å²) in [6.45, 7) is 10.7. The lowest BCUT2D eigenvalue weighted by Crippen LogP contribution is -2.18. The Morgan fingerprint density at radius 2 is 1.75 bits per heavy atom. The minimum atomic E-state index is 0.0466. The number of nitrogens with zero attached hydrogens (tertiary/aromatic N) is 2. The van der Waals surface area contributed by atoms with E-state index in [1.807, 2.05) is 0 Å². The predicted octanol–water partition coefficient (Wildman–Crippen LogP) is 2.26. The maximum atomic E-state index is 8.12. The zero-order valence-corrected chi connectivity index (χ0v) is 16.6. The third-order valence-electron chi connectivity index (χ3n) is 3.73. The molecule has 0 spiro atoms. The number of hydrogen-bond donors (Lipinski definition) is 0. The second kappa shape index (κ2) is 11.3. The van der Waals surface area contributed by atoms with Crippen LogP contribution in [0, 0.1) is 9.62 Å². The molecule has 0 saturated carbocycles. The maximum Gasteiger partial charge on any atom is 0.373 e. The molecule has 1 atom stereocenters. The van der Waals surface area contributed by atoms with Gasteiger partial charge in [-0.3, -0.25) is 4.68 Å². The molecule has 1 unspecified atom stereocenters. The van der Waals surface area contributed by atoms with Crippen molar-refractivity contribution in [2.75, 3.05) is 6.61 Å². The quantitative estimate of drug-likeness (QED) is 0.654. The summed E-state index contributed by atoms with van der Waals surface area (Å²) in [5.41, 5.74) is 2.88. The fraction of sp³-hybridized carbons (Fsp3) is 0.688. The lowest BCUT2D eigenvalue weighted by atomic mass is 9.98. The van der Waals surface area contributed by atoms with Gasteiger partial charge in [-0.05, 0) is 55.7 Å². The largest absolute Gasteiger partial charge is 0.375 e. The molecular formula is C16H23IN2O5. The zero-order chi connectivity index (χ0) is 18.8. The van der Waals surface area contributed by atoms with Crippen LogP contribution in [0.4, 0.5) is 0 Å². The highest BCUT2D eigenvalue weighted by atomic mass is 127. The van der Waals surface area contributed by atoms with Crippen molar-refractivity contribution in [1.82, 2.24) is 9.78 Å². The van der Waals surface area contributed by atoms with Gasteiger partial charge in [0.15, 0.2) is 0 Å². The normalized spacial score (nSPS) is 17.6. The Balaban J connectivity index is 0.000000772. The van der Waals surface area contributed by atoms with Gasteiger partial charge < -0.3 is 4.74 Å². The van der Waals surface area contributed by atoms with Crippen LogP contribution >= 0.6 is 22.6 Å². The second-order valence-electron chi connectivity index (χ2n) is 5.91. The van der Waals surface area contributed by atoms with E-state index < -0.39 is 0 Å². The SMILES string of the molecule is CCc1c(I)nn(CC2COC(C)(C)C2)c1CC.O=C=O.O=C=O. The predicted molar refractivity (Wildman–Crippen MR) is 91.9 cm³/mol. The average molecular weight is 450 g/mol. The van der Waals surface area contributed by atoms with Crippen molar-refractivity contribution in [2.45, 2.75) is 59.1 Å². The van der Waals surface area contributed by atoms with Crippen LogP contribution < -0.4 is 0 Å². The van der Waals surface area contributed by atoms with E-state index in [0.29, 0.717) is 5.92 Å². The van der Waals surface area contributed by atoms with Crippen LogP contribution in [0.25, 0.3) is 0 Å². The monoisotopic (exact) mass is 450 g/mol. The number of carbonyl (C=O) groups excluding carboxylic acids is 4. The first-order valence-corrected chi connectivity index (χ1v) is 8.74. The molecule has 1 aromatic rings. The molecule has 2 heterocycles. The highest BCUT2D eigenvalue weighted by Crippen LogP contribution is 2.31. The fourth-order valence-electron chi connectivity index (χ4n) is 2.92. The van der Waals surface area contributed by atoms with Crippen molar-refractivity contribution in [3.63, 3.8) is 0 Å². The van der Waals surface area contributed by atoms with E-state index >= 15 is 0 Å². The Morgan fingerprint density at radius 1 is 1.21 bits per heavy atom. The van der Waals surface area contributed by atoms with Gasteiger partial charge in [0.1, 0.15) is 3.70 Å². The van der Waals surface area contributed by atoms with E-state index in [1.54, 1.807) is 0 Å². The summed E-state index contributed by atoms with van der Waals surface area (Å²) in [4.78, 5) is 32.5. The Kier molecular flexibility index (Phi) is 10.6. The van der Waals surface area contributed by atoms with Gasteiger partial charge in [-0.2, -0.15) is 24.3 Å². The molecule has 1 saturated heterocycles. The Hall–Kier alpha value is -1.34. The summed E-state index contributed by atoms with van der Waals surface area (Å²) in [6, 6.07) is 0. The summed E-state index contributed by atoms with van der Waals surface area (Å²) >= 11 is 2.36. The third kappa shape index (κ3) is 7.05. The summed E-state index contributed by atoms with van der Waals surface area (Å²) in [5.74, 6) is 0.603. The summed E-state index contributed by atoms with van der Waals surface area (Å²) in [7, 11) is 0. The molecule has 0 N–H and O–H groups in total. The molecule has 1 aromatic heterocycles. The van der Waals surface area contributed by atoms with Gasteiger partial charge in [0.2, 0.25) is 0 Å². The lowest BCUT2D eigenvalue weighted by molar-refractivity contribution is -0.193. The molecule has 1 aliphatic heterocycles. The van der Waals surface area contributed by atoms with Gasteiger partial charge in [-0.25, -0.2) is 0 Å². The molecule has 1 aliphatic rings. The molecule has 0 bridgehead atoms. The summed E-state index contributed by atoms with van der Waals surface area (Å²) in [5, 5.41) is 4.71. The van der Waals surface area contributed by atoms with Crippen molar-refractivity contribution in [3.8, 4) is 0 Å². The maximum absolute atomic E-state index is 8.12. The van der Waals surface area contributed by atoms with Crippen molar-refractivity contribution < 1.29 is 23.9 Å². The van der Waals surface area contributed by atoms with E-state index in [2.05, 4.69) is 55.0 Å². The molecule has 134 valence electrons. The number of hydrogen-bond acceptors (Lipinski definition) is 6. The third-order valence-corrected chi connectivity index (χ3v) is 4.59. The zero-order valence-electron chi connectivity index (χ0n) is 14.4. The van der Waals surface area contributed by atoms with Crippen LogP contribution in [0.2, 0.25) is 0 Å². The molecule has 0 aliphatic carbocycles. The summed E-state index contributed by atoms with van der Waals surface area (Å²) in [6.07, 6.45) is 3.78. The fourth-order valence-corrected chi connectivity index (χ4v) is 3.87. The number of rotatable bonds is 4. The van der Waals surface area contributed by atoms with Gasteiger partial charge in [-0.1, -0.05) is 13.8 Å². The highest BCUT2D eigenvalue weighted by molar-refractivity contribution is 14.1. The number of aromatic nitrogens is 2. The van der Waals surface area contributed by atoms with Gasteiger partial charge >= 0.3 is 12.3 Å². The van der Waals surface area contributed by atoms with Gasteiger partial charge in [0, 0.05) is 23.7 Å². The van der Waals surface area contributed by atoms with Gasteiger partial charge in [0.25, 0.3) is 0 Å². The van der Waals surface area contributed by atoms with E-state index in [1.165, 1.54) is 15.0 Å². The topological polar surface area (TPSA) is 95.3 Å². The highest BCUT2D eigenvalue weighted by Gasteiger charge is 2.32. The van der Waals surface area contributed by atoms with Crippen molar-refractivity contribution in [2.24, 2.45) is 5.92 Å². The first kappa shape index (κ1) is 22.7. The van der Waals surface area contributed by atoms with Crippen LogP contribution in [0.5, 0.6) is 0 Å². The van der Waals surface area contributed by atoms with Crippen molar-refractivity contribution in [3.05, 3.63) is 15.0 Å². The molecule has 0 radical (unpaired) electrons. The van der Waals surface area contributed by atoms with Crippen LogP contribution in [0.1, 0.15) is 45.4 Å². The lowest BCUT2D eigenvalue weighted by Gasteiger charge is -2.16. The Labute approximate surface area is 155 Å². The molecule has 8 heteroatoms. The first-order chi connectivity index (χ1) is 11.3. The van der Waals surface area contributed by atoms with E-state index in [0.717, 1.165) is 32.4 Å². The van der Waals surface area contributed by atoms with Gasteiger partial charge in [-0.15, -0.1) is 0 Å². The summed E-state index contributed by atoms with van der Waals surface area (Å²) < 4.78 is 9.21. The van der Waals surface area contributed by atoms with Crippen LogP contribution in [0.15, 0.2) is 0 Å². The van der Waals surface area contributed by atoms with Crippen molar-refractivity contribution in [1.29, 1.82) is 0 Å². The number of halogens is 1. The van der Waals surface area contributed by atoms with E-state index in [-0.39, 0.29) is 17.9 Å². The molecular weight excluding hydrogens is 427 g/mol. The minimum absolute atomic E-state index is 0.0466. The number of ether oxygens (including phenoxy) is 1. The standard InChI is InChI=1S/C14H23IN2O.2CO2/c1-5-11-12(6-2)17(16-13(11)15)8-10-7-14(3,4)18-9-10;2*2-1-3/h10H,5-9H2,1-4H3;;. The molecule has 7 nitrogen and oxygen atoms in total. The molecule has 0 aromatic carbocycles. The first-order valence-electron chi connectivity index (χ1n) is 7.66. The van der Waals surface area contributed by atoms with Crippen LogP contribution in [-0.4, -0.2) is 34.3 Å². The smallest absolute Gasteiger partial charge is 0.373 e. The van der Waals surface area contributed by atoms with Crippen LogP contribution in [0.3, 0.4) is 0 Å². The minimum Gasteiger partial charge on any atom is -0.375 e.